The highest BCUT2D eigenvalue weighted by molar-refractivity contribution is 4.99. The lowest BCUT2D eigenvalue weighted by molar-refractivity contribution is -0.0389. The SMILES string of the molecule is CC1CCC2(C(C)C)CC(C)OC2C1. The van der Waals surface area contributed by atoms with Gasteiger partial charge < -0.3 is 4.74 Å². The van der Waals surface area contributed by atoms with Crippen LogP contribution in [0.1, 0.15) is 53.4 Å². The number of hydrogen-bond donors (Lipinski definition) is 0. The Bertz CT molecular complexity index is 211. The largest absolute Gasteiger partial charge is 0.375 e. The summed E-state index contributed by atoms with van der Waals surface area (Å²) in [6, 6.07) is 0. The summed E-state index contributed by atoms with van der Waals surface area (Å²) >= 11 is 0. The Hall–Kier alpha value is -0.0400. The molecule has 1 nitrogen and oxygen atoms in total. The molecule has 4 atom stereocenters. The van der Waals surface area contributed by atoms with Gasteiger partial charge in [-0.15, -0.1) is 0 Å². The van der Waals surface area contributed by atoms with E-state index in [-0.39, 0.29) is 0 Å². The lowest BCUT2D eigenvalue weighted by Crippen LogP contribution is -2.40. The molecule has 2 rings (SSSR count). The first-order chi connectivity index (χ1) is 6.54. The Balaban J connectivity index is 2.19. The van der Waals surface area contributed by atoms with Gasteiger partial charge in [-0.3, -0.25) is 0 Å². The van der Waals surface area contributed by atoms with E-state index in [0.717, 1.165) is 11.8 Å². The lowest BCUT2D eigenvalue weighted by atomic mass is 9.62. The minimum atomic E-state index is 0.493. The van der Waals surface area contributed by atoms with E-state index < -0.39 is 0 Å². The number of rotatable bonds is 1. The second-order valence-corrected chi connectivity index (χ2v) is 5.91. The highest BCUT2D eigenvalue weighted by Gasteiger charge is 2.51. The summed E-state index contributed by atoms with van der Waals surface area (Å²) in [5, 5.41) is 0. The summed E-state index contributed by atoms with van der Waals surface area (Å²) in [5.74, 6) is 1.65. The van der Waals surface area contributed by atoms with Crippen molar-refractivity contribution in [1.29, 1.82) is 0 Å². The number of ether oxygens (including phenoxy) is 1. The van der Waals surface area contributed by atoms with Crippen molar-refractivity contribution >= 4 is 0 Å². The van der Waals surface area contributed by atoms with Crippen molar-refractivity contribution in [2.45, 2.75) is 65.6 Å². The quantitative estimate of drug-likeness (QED) is 0.622. The first-order valence-electron chi connectivity index (χ1n) is 6.20. The molecule has 1 heteroatoms. The van der Waals surface area contributed by atoms with E-state index in [1.54, 1.807) is 0 Å². The molecule has 1 aliphatic carbocycles. The maximum absolute atomic E-state index is 6.10. The van der Waals surface area contributed by atoms with Crippen molar-refractivity contribution in [1.82, 2.24) is 0 Å². The Morgan fingerprint density at radius 2 is 2.00 bits per heavy atom. The van der Waals surface area contributed by atoms with E-state index in [4.69, 9.17) is 4.74 Å². The summed E-state index contributed by atoms with van der Waals surface area (Å²) in [6.07, 6.45) is 6.44. The monoisotopic (exact) mass is 196 g/mol. The number of hydrogen-bond acceptors (Lipinski definition) is 1. The van der Waals surface area contributed by atoms with Crippen LogP contribution in [-0.2, 0) is 4.74 Å². The third kappa shape index (κ3) is 1.50. The molecule has 0 N–H and O–H groups in total. The Labute approximate surface area is 88.2 Å². The van der Waals surface area contributed by atoms with E-state index in [9.17, 15) is 0 Å². The maximum Gasteiger partial charge on any atom is 0.0640 e. The lowest BCUT2D eigenvalue weighted by Gasteiger charge is -2.43. The summed E-state index contributed by atoms with van der Waals surface area (Å²) in [4.78, 5) is 0. The van der Waals surface area contributed by atoms with Gasteiger partial charge in [0.25, 0.3) is 0 Å². The molecule has 0 aromatic heterocycles. The van der Waals surface area contributed by atoms with Crippen LogP contribution >= 0.6 is 0 Å². The van der Waals surface area contributed by atoms with Crippen LogP contribution in [0.15, 0.2) is 0 Å². The fraction of sp³-hybridized carbons (Fsp3) is 1.00. The summed E-state index contributed by atoms with van der Waals surface area (Å²) in [7, 11) is 0. The van der Waals surface area contributed by atoms with Crippen molar-refractivity contribution in [3.8, 4) is 0 Å². The summed E-state index contributed by atoms with van der Waals surface area (Å²) in [6.45, 7) is 9.37. The molecular formula is C13H24O. The molecular weight excluding hydrogens is 172 g/mol. The Morgan fingerprint density at radius 1 is 1.29 bits per heavy atom. The third-order valence-corrected chi connectivity index (χ3v) is 4.57. The Kier molecular flexibility index (Phi) is 2.63. The molecule has 0 aromatic rings. The first-order valence-corrected chi connectivity index (χ1v) is 6.20. The van der Waals surface area contributed by atoms with E-state index in [0.29, 0.717) is 17.6 Å². The van der Waals surface area contributed by atoms with Crippen molar-refractivity contribution in [3.05, 3.63) is 0 Å². The molecule has 4 unspecified atom stereocenters. The molecule has 1 saturated carbocycles. The predicted molar refractivity (Wildman–Crippen MR) is 59.2 cm³/mol. The Morgan fingerprint density at radius 3 is 2.64 bits per heavy atom. The van der Waals surface area contributed by atoms with Gasteiger partial charge in [-0.1, -0.05) is 20.8 Å². The van der Waals surface area contributed by atoms with Crippen LogP contribution in [0.5, 0.6) is 0 Å². The van der Waals surface area contributed by atoms with Gasteiger partial charge in [0.05, 0.1) is 12.2 Å². The standard InChI is InChI=1S/C13H24O/c1-9(2)13-6-5-10(3)7-12(13)14-11(4)8-13/h9-12H,5-8H2,1-4H3. The average molecular weight is 196 g/mol. The fourth-order valence-corrected chi connectivity index (χ4v) is 3.58. The van der Waals surface area contributed by atoms with Crippen molar-refractivity contribution in [2.75, 3.05) is 0 Å². The molecule has 1 aliphatic heterocycles. The van der Waals surface area contributed by atoms with Gasteiger partial charge in [0.15, 0.2) is 0 Å². The zero-order chi connectivity index (χ0) is 10.3. The van der Waals surface area contributed by atoms with Crippen LogP contribution in [0.4, 0.5) is 0 Å². The topological polar surface area (TPSA) is 9.23 Å². The van der Waals surface area contributed by atoms with Gasteiger partial charge in [-0.05, 0) is 44.4 Å². The van der Waals surface area contributed by atoms with Gasteiger partial charge in [-0.25, -0.2) is 0 Å². The molecule has 14 heavy (non-hydrogen) atoms. The molecule has 2 aliphatic rings. The van der Waals surface area contributed by atoms with Crippen LogP contribution in [0.3, 0.4) is 0 Å². The predicted octanol–water partition coefficient (Wildman–Crippen LogP) is 3.63. The normalized spacial score (nSPS) is 48.2. The smallest absolute Gasteiger partial charge is 0.0640 e. The van der Waals surface area contributed by atoms with Crippen molar-refractivity contribution in [3.63, 3.8) is 0 Å². The van der Waals surface area contributed by atoms with Crippen molar-refractivity contribution < 1.29 is 4.74 Å². The highest BCUT2D eigenvalue weighted by Crippen LogP contribution is 2.53. The molecule has 0 amide bonds. The van der Waals surface area contributed by atoms with Gasteiger partial charge in [0, 0.05) is 5.41 Å². The molecule has 82 valence electrons. The van der Waals surface area contributed by atoms with Crippen LogP contribution in [0.25, 0.3) is 0 Å². The van der Waals surface area contributed by atoms with Crippen LogP contribution in [0.2, 0.25) is 0 Å². The van der Waals surface area contributed by atoms with E-state index in [1.807, 2.05) is 0 Å². The minimum Gasteiger partial charge on any atom is -0.375 e. The van der Waals surface area contributed by atoms with Crippen molar-refractivity contribution in [2.24, 2.45) is 17.3 Å². The average Bonchev–Trinajstić information content (AvgIpc) is 2.41. The molecule has 1 heterocycles. The highest BCUT2D eigenvalue weighted by atomic mass is 16.5. The molecule has 0 aromatic carbocycles. The van der Waals surface area contributed by atoms with E-state index >= 15 is 0 Å². The first kappa shape index (κ1) is 10.5. The third-order valence-electron chi connectivity index (χ3n) is 4.57. The van der Waals surface area contributed by atoms with Crippen LogP contribution in [-0.4, -0.2) is 12.2 Å². The maximum atomic E-state index is 6.10. The van der Waals surface area contributed by atoms with Gasteiger partial charge in [0.2, 0.25) is 0 Å². The molecule has 0 radical (unpaired) electrons. The molecule has 0 bridgehead atoms. The summed E-state index contributed by atoms with van der Waals surface area (Å²) in [5.41, 5.74) is 0.520. The second-order valence-electron chi connectivity index (χ2n) is 5.91. The van der Waals surface area contributed by atoms with E-state index in [2.05, 4.69) is 27.7 Å². The van der Waals surface area contributed by atoms with Gasteiger partial charge in [0.1, 0.15) is 0 Å². The molecule has 0 spiro atoms. The zero-order valence-corrected chi connectivity index (χ0v) is 10.0. The number of fused-ring (bicyclic) bond motifs is 1. The van der Waals surface area contributed by atoms with E-state index in [1.165, 1.54) is 25.7 Å². The van der Waals surface area contributed by atoms with Gasteiger partial charge >= 0.3 is 0 Å². The summed E-state index contributed by atoms with van der Waals surface area (Å²) < 4.78 is 6.10. The minimum absolute atomic E-state index is 0.493. The van der Waals surface area contributed by atoms with Gasteiger partial charge in [-0.2, -0.15) is 0 Å². The van der Waals surface area contributed by atoms with Crippen LogP contribution < -0.4 is 0 Å². The second kappa shape index (κ2) is 3.52. The zero-order valence-electron chi connectivity index (χ0n) is 10.0. The molecule has 1 saturated heterocycles. The fourth-order valence-electron chi connectivity index (χ4n) is 3.58. The molecule has 2 fully saturated rings. The van der Waals surface area contributed by atoms with Crippen LogP contribution in [0, 0.1) is 17.3 Å².